The van der Waals surface area contributed by atoms with E-state index in [0.717, 1.165) is 5.84 Å². The van der Waals surface area contributed by atoms with Crippen molar-refractivity contribution in [2.45, 2.75) is 18.0 Å². The minimum absolute atomic E-state index is 0.0285. The maximum atomic E-state index is 9.25. The first kappa shape index (κ1) is 12.1. The lowest BCUT2D eigenvalue weighted by atomic mass is 10.2. The average Bonchev–Trinajstić information content (AvgIpc) is 2.27. The van der Waals surface area contributed by atoms with Crippen LogP contribution in [0.3, 0.4) is 0 Å². The van der Waals surface area contributed by atoms with Crippen LogP contribution in [0.15, 0.2) is 9.98 Å². The molecule has 7 heteroatoms. The largest absolute Gasteiger partial charge is 0.394 e. The number of nitrogens with zero attached hydrogens (tertiary/aromatic N) is 3. The third-order valence-electron chi connectivity index (χ3n) is 2.59. The van der Waals surface area contributed by atoms with Gasteiger partial charge in [-0.15, -0.1) is 0 Å². The topological polar surface area (TPSA) is 57.4 Å². The first-order valence-electron chi connectivity index (χ1n) is 5.11. The van der Waals surface area contributed by atoms with Gasteiger partial charge in [-0.2, -0.15) is 0 Å². The molecule has 0 aromatic rings. The number of morpholine rings is 1. The summed E-state index contributed by atoms with van der Waals surface area (Å²) in [6, 6.07) is -0.0704. The van der Waals surface area contributed by atoms with Crippen LogP contribution in [0.2, 0.25) is 0 Å². The smallest absolute Gasteiger partial charge is 0.220 e. The van der Waals surface area contributed by atoms with Crippen LogP contribution in [0.4, 0.5) is 0 Å². The summed E-state index contributed by atoms with van der Waals surface area (Å²) >= 11 is 11.7. The van der Waals surface area contributed by atoms with E-state index in [-0.39, 0.29) is 23.4 Å². The van der Waals surface area contributed by atoms with Gasteiger partial charge < -0.3 is 14.7 Å². The molecule has 1 fully saturated rings. The van der Waals surface area contributed by atoms with Crippen LogP contribution in [-0.2, 0) is 4.74 Å². The molecule has 1 N–H and O–H groups in total. The van der Waals surface area contributed by atoms with Crippen LogP contribution in [0.1, 0.15) is 6.42 Å². The summed E-state index contributed by atoms with van der Waals surface area (Å²) in [5.74, 6) is 0.780. The highest BCUT2D eigenvalue weighted by molar-refractivity contribution is 6.66. The number of aliphatic hydroxyl groups is 1. The molecule has 0 aromatic heterocycles. The van der Waals surface area contributed by atoms with Crippen LogP contribution in [-0.4, -0.2) is 59.0 Å². The fourth-order valence-electron chi connectivity index (χ4n) is 1.82. The number of hydrogen-bond donors (Lipinski definition) is 1. The van der Waals surface area contributed by atoms with Gasteiger partial charge in [0.1, 0.15) is 11.3 Å². The monoisotopic (exact) mass is 265 g/mol. The van der Waals surface area contributed by atoms with Gasteiger partial charge in [0.15, 0.2) is 0 Å². The summed E-state index contributed by atoms with van der Waals surface area (Å²) in [5.41, 5.74) is -0.373. The van der Waals surface area contributed by atoms with Gasteiger partial charge in [-0.25, -0.2) is 9.98 Å². The molecule has 2 aliphatic heterocycles. The summed E-state index contributed by atoms with van der Waals surface area (Å²) in [7, 11) is 0. The number of halogens is 2. The predicted octanol–water partition coefficient (Wildman–Crippen LogP) is 0.641. The number of rotatable bonds is 1. The highest BCUT2D eigenvalue weighted by Gasteiger charge is 2.28. The van der Waals surface area contributed by atoms with Crippen molar-refractivity contribution in [3.8, 4) is 0 Å². The third kappa shape index (κ3) is 2.66. The molecule has 0 spiro atoms. The maximum absolute atomic E-state index is 9.25. The van der Waals surface area contributed by atoms with Gasteiger partial charge in [0.2, 0.25) is 5.29 Å². The van der Waals surface area contributed by atoms with Crippen molar-refractivity contribution in [2.75, 3.05) is 26.4 Å². The van der Waals surface area contributed by atoms with Gasteiger partial charge in [0, 0.05) is 13.0 Å². The Kier molecular flexibility index (Phi) is 4.02. The zero-order valence-corrected chi connectivity index (χ0v) is 10.2. The molecule has 1 unspecified atom stereocenters. The summed E-state index contributed by atoms with van der Waals surface area (Å²) in [6.45, 7) is 1.84. The Labute approximate surface area is 104 Å². The first-order chi connectivity index (χ1) is 7.70. The SMILES string of the molecule is OC[C@@H]1COCCN1C1=NC(Cl)=NC(Cl)C1. The molecular weight excluding hydrogens is 253 g/mol. The van der Waals surface area contributed by atoms with Crippen LogP contribution >= 0.6 is 23.2 Å². The minimum atomic E-state index is -0.373. The molecule has 1 saturated heterocycles. The summed E-state index contributed by atoms with van der Waals surface area (Å²) in [6.07, 6.45) is 0.536. The predicted molar refractivity (Wildman–Crippen MR) is 63.4 cm³/mol. The summed E-state index contributed by atoms with van der Waals surface area (Å²) in [4.78, 5) is 10.1. The second-order valence-corrected chi connectivity index (χ2v) is 4.51. The van der Waals surface area contributed by atoms with E-state index in [1.807, 2.05) is 4.90 Å². The first-order valence-corrected chi connectivity index (χ1v) is 5.92. The lowest BCUT2D eigenvalue weighted by molar-refractivity contribution is 0.00388. The third-order valence-corrected chi connectivity index (χ3v) is 3.02. The Hall–Kier alpha value is -0.360. The molecule has 5 nitrogen and oxygen atoms in total. The molecule has 90 valence electrons. The highest BCUT2D eigenvalue weighted by atomic mass is 35.5. The van der Waals surface area contributed by atoms with Gasteiger partial charge in [-0.3, -0.25) is 0 Å². The van der Waals surface area contributed by atoms with Crippen molar-refractivity contribution >= 4 is 34.3 Å². The van der Waals surface area contributed by atoms with E-state index in [4.69, 9.17) is 27.9 Å². The zero-order valence-electron chi connectivity index (χ0n) is 8.64. The van der Waals surface area contributed by atoms with E-state index in [9.17, 15) is 5.11 Å². The van der Waals surface area contributed by atoms with Crippen LogP contribution in [0.25, 0.3) is 0 Å². The number of amidine groups is 2. The van der Waals surface area contributed by atoms with Gasteiger partial charge in [-0.1, -0.05) is 11.6 Å². The van der Waals surface area contributed by atoms with Gasteiger partial charge in [0.05, 0.1) is 25.9 Å². The second-order valence-electron chi connectivity index (χ2n) is 3.67. The average molecular weight is 266 g/mol. The Morgan fingerprint density at radius 1 is 1.56 bits per heavy atom. The van der Waals surface area contributed by atoms with Crippen LogP contribution < -0.4 is 0 Å². The Bertz CT molecular complexity index is 322. The normalized spacial score (nSPS) is 31.1. The molecule has 2 aliphatic rings. The molecule has 0 saturated carbocycles. The lowest BCUT2D eigenvalue weighted by Gasteiger charge is -2.37. The van der Waals surface area contributed by atoms with Gasteiger partial charge >= 0.3 is 0 Å². The van der Waals surface area contributed by atoms with Crippen molar-refractivity contribution in [1.82, 2.24) is 4.90 Å². The van der Waals surface area contributed by atoms with Crippen molar-refractivity contribution in [1.29, 1.82) is 0 Å². The summed E-state index contributed by atoms with van der Waals surface area (Å²) < 4.78 is 5.29. The van der Waals surface area contributed by atoms with E-state index < -0.39 is 0 Å². The van der Waals surface area contributed by atoms with E-state index in [1.54, 1.807) is 0 Å². The van der Waals surface area contributed by atoms with Crippen molar-refractivity contribution < 1.29 is 9.84 Å². The van der Waals surface area contributed by atoms with E-state index in [2.05, 4.69) is 9.98 Å². The highest BCUT2D eigenvalue weighted by Crippen LogP contribution is 2.18. The molecule has 0 bridgehead atoms. The van der Waals surface area contributed by atoms with Crippen LogP contribution in [0.5, 0.6) is 0 Å². The fraction of sp³-hybridized carbons (Fsp3) is 0.778. The Balaban J connectivity index is 2.13. The molecule has 0 radical (unpaired) electrons. The standard InChI is InChI=1S/C9H13Cl2N3O2/c10-7-3-8(13-9(11)12-7)14-1-2-16-5-6(14)4-15/h6-7,15H,1-5H2/t6-,7?/m1/s1. The quantitative estimate of drug-likeness (QED) is 0.559. The van der Waals surface area contributed by atoms with Crippen LogP contribution in [0, 0.1) is 0 Å². The molecule has 16 heavy (non-hydrogen) atoms. The minimum Gasteiger partial charge on any atom is -0.394 e. The maximum Gasteiger partial charge on any atom is 0.220 e. The van der Waals surface area contributed by atoms with Gasteiger partial charge in [-0.05, 0) is 11.6 Å². The molecule has 2 heterocycles. The van der Waals surface area contributed by atoms with Crippen molar-refractivity contribution in [3.05, 3.63) is 0 Å². The molecule has 2 rings (SSSR count). The van der Waals surface area contributed by atoms with Gasteiger partial charge in [0.25, 0.3) is 0 Å². The molecule has 0 aromatic carbocycles. The molecule has 2 atom stereocenters. The summed E-state index contributed by atoms with van der Waals surface area (Å²) in [5, 5.41) is 9.42. The fourth-order valence-corrected chi connectivity index (χ4v) is 2.32. The number of ether oxygens (including phenoxy) is 1. The van der Waals surface area contributed by atoms with E-state index in [0.29, 0.717) is 26.2 Å². The molecule has 0 aliphatic carbocycles. The molecule has 0 amide bonds. The number of alkyl halides is 1. The lowest BCUT2D eigenvalue weighted by Crippen LogP contribution is -2.51. The Morgan fingerprint density at radius 2 is 2.38 bits per heavy atom. The Morgan fingerprint density at radius 3 is 3.06 bits per heavy atom. The number of aliphatic hydroxyl groups excluding tert-OH is 1. The number of aliphatic imine (C=N–C) groups is 2. The number of hydrogen-bond acceptors (Lipinski definition) is 5. The molecular formula is C9H13Cl2N3O2. The van der Waals surface area contributed by atoms with E-state index in [1.165, 1.54) is 0 Å². The van der Waals surface area contributed by atoms with E-state index >= 15 is 0 Å². The van der Waals surface area contributed by atoms with Crippen molar-refractivity contribution in [3.63, 3.8) is 0 Å². The van der Waals surface area contributed by atoms with Crippen molar-refractivity contribution in [2.24, 2.45) is 9.98 Å². The zero-order chi connectivity index (χ0) is 11.5. The second kappa shape index (κ2) is 5.31.